The minimum atomic E-state index is -0.250. The number of aromatic nitrogens is 1. The Morgan fingerprint density at radius 1 is 1.50 bits per heavy atom. The molecular formula is C11H11NO2S2. The smallest absolute Gasteiger partial charge is 0.311 e. The molecule has 0 amide bonds. The Balaban J connectivity index is 2.20. The Kier molecular flexibility index (Phi) is 3.36. The summed E-state index contributed by atoms with van der Waals surface area (Å²) < 4.78 is 4.61. The minimum absolute atomic E-state index is 0.247. The number of carbonyl (C=O) groups is 1. The molecule has 0 fully saturated rings. The molecule has 0 atom stereocenters. The van der Waals surface area contributed by atoms with Gasteiger partial charge in [0, 0.05) is 5.38 Å². The number of methoxy groups -OCH3 is 1. The second-order valence-electron chi connectivity index (χ2n) is 3.33. The lowest BCUT2D eigenvalue weighted by Gasteiger charge is -1.94. The maximum Gasteiger partial charge on any atom is 0.311 e. The predicted octanol–water partition coefficient (Wildman–Crippen LogP) is 2.90. The molecule has 0 bridgehead atoms. The molecule has 0 aliphatic heterocycles. The van der Waals surface area contributed by atoms with Crippen LogP contribution in [0.25, 0.3) is 9.88 Å². The molecule has 2 heterocycles. The number of carbonyl (C=O) groups excluding carboxylic acids is 1. The monoisotopic (exact) mass is 253 g/mol. The van der Waals surface area contributed by atoms with Crippen molar-refractivity contribution in [3.8, 4) is 9.88 Å². The molecular weight excluding hydrogens is 242 g/mol. The van der Waals surface area contributed by atoms with E-state index in [0.29, 0.717) is 0 Å². The van der Waals surface area contributed by atoms with E-state index in [-0.39, 0.29) is 12.4 Å². The molecule has 0 spiro atoms. The lowest BCUT2D eigenvalue weighted by molar-refractivity contribution is -0.139. The largest absolute Gasteiger partial charge is 0.469 e. The van der Waals surface area contributed by atoms with Crippen LogP contribution >= 0.6 is 22.7 Å². The summed E-state index contributed by atoms with van der Waals surface area (Å²) in [6.45, 7) is 2.06. The lowest BCUT2D eigenvalue weighted by atomic mass is 10.3. The number of rotatable bonds is 3. The molecule has 0 aliphatic rings. The van der Waals surface area contributed by atoms with Crippen LogP contribution in [0.4, 0.5) is 0 Å². The minimum Gasteiger partial charge on any atom is -0.469 e. The maximum absolute atomic E-state index is 11.1. The highest BCUT2D eigenvalue weighted by molar-refractivity contribution is 7.20. The molecule has 0 unspecified atom stereocenters. The molecule has 2 aromatic rings. The van der Waals surface area contributed by atoms with Gasteiger partial charge < -0.3 is 4.74 Å². The van der Waals surface area contributed by atoms with Crippen molar-refractivity contribution in [3.05, 3.63) is 28.1 Å². The van der Waals surface area contributed by atoms with E-state index in [9.17, 15) is 4.79 Å². The highest BCUT2D eigenvalue weighted by atomic mass is 32.1. The number of esters is 1. The van der Waals surface area contributed by atoms with E-state index in [4.69, 9.17) is 0 Å². The van der Waals surface area contributed by atoms with Crippen molar-refractivity contribution in [2.75, 3.05) is 7.11 Å². The number of ether oxygens (including phenoxy) is 1. The summed E-state index contributed by atoms with van der Waals surface area (Å²) in [7, 11) is 1.39. The van der Waals surface area contributed by atoms with Crippen molar-refractivity contribution in [1.82, 2.24) is 4.98 Å². The number of nitrogens with zero attached hydrogens (tertiary/aromatic N) is 1. The Morgan fingerprint density at radius 3 is 2.94 bits per heavy atom. The third-order valence-electron chi connectivity index (χ3n) is 2.16. The molecule has 0 saturated carbocycles. The lowest BCUT2D eigenvalue weighted by Crippen LogP contribution is -2.04. The van der Waals surface area contributed by atoms with E-state index in [1.54, 1.807) is 22.7 Å². The SMILES string of the molecule is COC(=O)Cc1csc(-c2sccc2C)n1. The standard InChI is InChI=1S/C11H11NO2S2/c1-7-3-4-15-10(7)11-12-8(6-16-11)5-9(13)14-2/h3-4,6H,5H2,1-2H3. The first-order chi connectivity index (χ1) is 7.70. The van der Waals surface area contributed by atoms with Gasteiger partial charge in [0.25, 0.3) is 0 Å². The van der Waals surface area contributed by atoms with Crippen LogP contribution in [-0.2, 0) is 16.0 Å². The number of hydrogen-bond donors (Lipinski definition) is 0. The van der Waals surface area contributed by atoms with E-state index >= 15 is 0 Å². The summed E-state index contributed by atoms with van der Waals surface area (Å²) in [6.07, 6.45) is 0.247. The van der Waals surface area contributed by atoms with Crippen molar-refractivity contribution >= 4 is 28.6 Å². The highest BCUT2D eigenvalue weighted by Crippen LogP contribution is 2.31. The Hall–Kier alpha value is -1.20. The summed E-state index contributed by atoms with van der Waals surface area (Å²) >= 11 is 3.24. The third kappa shape index (κ3) is 2.31. The topological polar surface area (TPSA) is 39.2 Å². The van der Waals surface area contributed by atoms with Crippen LogP contribution < -0.4 is 0 Å². The molecule has 2 aromatic heterocycles. The molecule has 0 N–H and O–H groups in total. The average Bonchev–Trinajstić information content (AvgIpc) is 2.86. The molecule has 0 aromatic carbocycles. The van der Waals surface area contributed by atoms with Gasteiger partial charge in [0.15, 0.2) is 0 Å². The van der Waals surface area contributed by atoms with Crippen molar-refractivity contribution in [2.24, 2.45) is 0 Å². The first-order valence-electron chi connectivity index (χ1n) is 4.76. The summed E-state index contributed by atoms with van der Waals surface area (Å²) in [6, 6.07) is 2.07. The second kappa shape index (κ2) is 4.76. The molecule has 84 valence electrons. The Labute approximate surface area is 102 Å². The summed E-state index contributed by atoms with van der Waals surface area (Å²) in [5, 5.41) is 4.93. The molecule has 16 heavy (non-hydrogen) atoms. The Bertz CT molecular complexity index is 502. The van der Waals surface area contributed by atoms with Crippen molar-refractivity contribution in [1.29, 1.82) is 0 Å². The molecule has 3 nitrogen and oxygen atoms in total. The van der Waals surface area contributed by atoms with E-state index in [2.05, 4.69) is 22.7 Å². The van der Waals surface area contributed by atoms with Crippen LogP contribution in [-0.4, -0.2) is 18.1 Å². The van der Waals surface area contributed by atoms with Crippen LogP contribution in [0.1, 0.15) is 11.3 Å². The van der Waals surface area contributed by atoms with Crippen LogP contribution in [0.2, 0.25) is 0 Å². The van der Waals surface area contributed by atoms with Gasteiger partial charge in [-0.25, -0.2) is 4.98 Å². The highest BCUT2D eigenvalue weighted by Gasteiger charge is 2.11. The van der Waals surface area contributed by atoms with Gasteiger partial charge in [0.2, 0.25) is 0 Å². The molecule has 5 heteroatoms. The van der Waals surface area contributed by atoms with Gasteiger partial charge in [-0.2, -0.15) is 0 Å². The van der Waals surface area contributed by atoms with Gasteiger partial charge in [-0.05, 0) is 23.9 Å². The molecule has 0 saturated heterocycles. The average molecular weight is 253 g/mol. The van der Waals surface area contributed by atoms with Crippen LogP contribution in [0, 0.1) is 6.92 Å². The predicted molar refractivity (Wildman–Crippen MR) is 65.9 cm³/mol. The van der Waals surface area contributed by atoms with E-state index < -0.39 is 0 Å². The number of aryl methyl sites for hydroxylation is 1. The van der Waals surface area contributed by atoms with Gasteiger partial charge in [-0.3, -0.25) is 4.79 Å². The fourth-order valence-corrected chi connectivity index (χ4v) is 3.22. The quantitative estimate of drug-likeness (QED) is 0.790. The molecule has 2 rings (SSSR count). The van der Waals surface area contributed by atoms with Gasteiger partial charge in [0.1, 0.15) is 5.01 Å². The normalized spacial score (nSPS) is 10.4. The summed E-state index contributed by atoms with van der Waals surface area (Å²) in [4.78, 5) is 16.7. The van der Waals surface area contributed by atoms with Crippen LogP contribution in [0.15, 0.2) is 16.8 Å². The van der Waals surface area contributed by atoms with Crippen molar-refractivity contribution < 1.29 is 9.53 Å². The van der Waals surface area contributed by atoms with Gasteiger partial charge in [-0.15, -0.1) is 22.7 Å². The van der Waals surface area contributed by atoms with Crippen molar-refractivity contribution in [3.63, 3.8) is 0 Å². The number of thiazole rings is 1. The fourth-order valence-electron chi connectivity index (χ4n) is 1.30. The molecule has 0 aliphatic carbocycles. The van der Waals surface area contributed by atoms with Crippen molar-refractivity contribution in [2.45, 2.75) is 13.3 Å². The summed E-state index contributed by atoms with van der Waals surface area (Å²) in [5.74, 6) is -0.250. The van der Waals surface area contributed by atoms with E-state index in [1.807, 2.05) is 10.8 Å². The van der Waals surface area contributed by atoms with Gasteiger partial charge >= 0.3 is 5.97 Å². The van der Waals surface area contributed by atoms with E-state index in [0.717, 1.165) is 10.7 Å². The summed E-state index contributed by atoms with van der Waals surface area (Å²) in [5.41, 5.74) is 2.00. The zero-order valence-corrected chi connectivity index (χ0v) is 10.7. The maximum atomic E-state index is 11.1. The zero-order chi connectivity index (χ0) is 11.5. The van der Waals surface area contributed by atoms with Crippen LogP contribution in [0.3, 0.4) is 0 Å². The fraction of sp³-hybridized carbons (Fsp3) is 0.273. The van der Waals surface area contributed by atoms with Gasteiger partial charge in [-0.1, -0.05) is 0 Å². The molecule has 0 radical (unpaired) electrons. The van der Waals surface area contributed by atoms with Gasteiger partial charge in [0.05, 0.1) is 24.1 Å². The van der Waals surface area contributed by atoms with E-state index in [1.165, 1.54) is 17.6 Å². The Morgan fingerprint density at radius 2 is 2.31 bits per heavy atom. The number of hydrogen-bond acceptors (Lipinski definition) is 5. The van der Waals surface area contributed by atoms with Crippen LogP contribution in [0.5, 0.6) is 0 Å². The third-order valence-corrected chi connectivity index (χ3v) is 4.22. The zero-order valence-electron chi connectivity index (χ0n) is 9.02. The second-order valence-corrected chi connectivity index (χ2v) is 5.10. The first-order valence-corrected chi connectivity index (χ1v) is 6.52. The first kappa shape index (κ1) is 11.3. The number of thiophene rings is 1.